The molecule has 1 aliphatic carbocycles. The SMILES string of the molecule is CC1(C(=O)Nc2ccc3ncsc3c2)CCCC1N. The van der Waals surface area contributed by atoms with Crippen LogP contribution in [-0.2, 0) is 4.79 Å². The van der Waals surface area contributed by atoms with Crippen molar-refractivity contribution in [3.63, 3.8) is 0 Å². The molecule has 2 atom stereocenters. The molecule has 1 aromatic heterocycles. The standard InChI is InChI=1S/C14H17N3OS/c1-14(6-2-3-12(14)15)13(18)17-9-4-5-10-11(7-9)19-8-16-10/h4-5,7-8,12H,2-3,6,15H2,1H3,(H,17,18). The summed E-state index contributed by atoms with van der Waals surface area (Å²) in [5, 5.41) is 3.00. The second-order valence-corrected chi connectivity index (χ2v) is 6.29. The number of nitrogens with zero attached hydrogens (tertiary/aromatic N) is 1. The normalized spacial score (nSPS) is 26.7. The molecule has 0 bridgehead atoms. The van der Waals surface area contributed by atoms with Crippen LogP contribution in [0.25, 0.3) is 10.2 Å². The fraction of sp³-hybridized carbons (Fsp3) is 0.429. The van der Waals surface area contributed by atoms with Gasteiger partial charge in [-0.05, 0) is 38.0 Å². The van der Waals surface area contributed by atoms with Crippen LogP contribution in [0.1, 0.15) is 26.2 Å². The minimum atomic E-state index is -0.442. The van der Waals surface area contributed by atoms with E-state index in [1.165, 1.54) is 0 Å². The maximum atomic E-state index is 12.4. The number of hydrogen-bond donors (Lipinski definition) is 2. The predicted octanol–water partition coefficient (Wildman–Crippen LogP) is 2.75. The average Bonchev–Trinajstić information content (AvgIpc) is 2.97. The molecule has 3 rings (SSSR count). The molecule has 19 heavy (non-hydrogen) atoms. The zero-order chi connectivity index (χ0) is 13.5. The minimum absolute atomic E-state index is 0.0290. The number of fused-ring (bicyclic) bond motifs is 1. The van der Waals surface area contributed by atoms with Crippen molar-refractivity contribution in [3.05, 3.63) is 23.7 Å². The summed E-state index contributed by atoms with van der Waals surface area (Å²) in [4.78, 5) is 16.6. The summed E-state index contributed by atoms with van der Waals surface area (Å²) in [7, 11) is 0. The summed E-state index contributed by atoms with van der Waals surface area (Å²) in [5.41, 5.74) is 9.23. The van der Waals surface area contributed by atoms with Gasteiger partial charge in [0.05, 0.1) is 21.1 Å². The third-order valence-electron chi connectivity index (χ3n) is 4.14. The molecule has 0 radical (unpaired) electrons. The lowest BCUT2D eigenvalue weighted by Gasteiger charge is -2.27. The van der Waals surface area contributed by atoms with Crippen LogP contribution < -0.4 is 11.1 Å². The van der Waals surface area contributed by atoms with E-state index in [9.17, 15) is 4.79 Å². The molecular weight excluding hydrogens is 258 g/mol. The van der Waals surface area contributed by atoms with Crippen LogP contribution in [0.2, 0.25) is 0 Å². The fourth-order valence-corrected chi connectivity index (χ4v) is 3.40. The Hall–Kier alpha value is -1.46. The van der Waals surface area contributed by atoms with E-state index >= 15 is 0 Å². The van der Waals surface area contributed by atoms with Crippen molar-refractivity contribution in [3.8, 4) is 0 Å². The number of nitrogens with one attached hydrogen (secondary N) is 1. The highest BCUT2D eigenvalue weighted by Gasteiger charge is 2.42. The molecule has 100 valence electrons. The van der Waals surface area contributed by atoms with E-state index in [0.717, 1.165) is 35.2 Å². The third kappa shape index (κ3) is 2.13. The van der Waals surface area contributed by atoms with Crippen molar-refractivity contribution in [2.24, 2.45) is 11.1 Å². The first-order chi connectivity index (χ1) is 9.09. The Kier molecular flexibility index (Phi) is 3.03. The van der Waals surface area contributed by atoms with Crippen LogP contribution in [0.15, 0.2) is 23.7 Å². The van der Waals surface area contributed by atoms with E-state index in [0.29, 0.717) is 0 Å². The Morgan fingerprint density at radius 2 is 2.42 bits per heavy atom. The number of nitrogens with two attached hydrogens (primary N) is 1. The van der Waals surface area contributed by atoms with E-state index in [-0.39, 0.29) is 11.9 Å². The van der Waals surface area contributed by atoms with Gasteiger partial charge in [0.25, 0.3) is 0 Å². The quantitative estimate of drug-likeness (QED) is 0.885. The van der Waals surface area contributed by atoms with Gasteiger partial charge in [0.1, 0.15) is 0 Å². The Morgan fingerprint density at radius 3 is 3.16 bits per heavy atom. The molecule has 5 heteroatoms. The van der Waals surface area contributed by atoms with Crippen molar-refractivity contribution >= 4 is 33.1 Å². The number of benzene rings is 1. The second-order valence-electron chi connectivity index (χ2n) is 5.41. The van der Waals surface area contributed by atoms with Gasteiger partial charge in [0.15, 0.2) is 0 Å². The van der Waals surface area contributed by atoms with Gasteiger partial charge in [-0.1, -0.05) is 6.42 Å². The first-order valence-electron chi connectivity index (χ1n) is 6.50. The lowest BCUT2D eigenvalue weighted by atomic mass is 9.84. The van der Waals surface area contributed by atoms with Crippen LogP contribution in [0.5, 0.6) is 0 Å². The van der Waals surface area contributed by atoms with Crippen molar-refractivity contribution in [2.45, 2.75) is 32.2 Å². The molecule has 2 aromatic rings. The first kappa shape index (κ1) is 12.6. The Bertz CT molecular complexity index is 624. The average molecular weight is 275 g/mol. The van der Waals surface area contributed by atoms with Crippen molar-refractivity contribution in [1.82, 2.24) is 4.98 Å². The summed E-state index contributed by atoms with van der Waals surface area (Å²) < 4.78 is 1.08. The zero-order valence-electron chi connectivity index (χ0n) is 10.8. The molecule has 0 saturated heterocycles. The van der Waals surface area contributed by atoms with Crippen LogP contribution >= 0.6 is 11.3 Å². The molecule has 1 amide bonds. The van der Waals surface area contributed by atoms with E-state index < -0.39 is 5.41 Å². The van der Waals surface area contributed by atoms with Crippen LogP contribution in [-0.4, -0.2) is 16.9 Å². The van der Waals surface area contributed by atoms with Gasteiger partial charge in [-0.15, -0.1) is 11.3 Å². The Balaban J connectivity index is 1.82. The molecule has 0 aliphatic heterocycles. The smallest absolute Gasteiger partial charge is 0.231 e. The van der Waals surface area contributed by atoms with E-state index in [1.807, 2.05) is 30.6 Å². The Morgan fingerprint density at radius 1 is 1.58 bits per heavy atom. The number of amides is 1. The molecule has 1 aliphatic rings. The minimum Gasteiger partial charge on any atom is -0.327 e. The summed E-state index contributed by atoms with van der Waals surface area (Å²) >= 11 is 1.57. The van der Waals surface area contributed by atoms with E-state index in [4.69, 9.17) is 5.73 Å². The van der Waals surface area contributed by atoms with Gasteiger partial charge >= 0.3 is 0 Å². The van der Waals surface area contributed by atoms with Gasteiger partial charge in [0.2, 0.25) is 5.91 Å². The molecule has 3 N–H and O–H groups in total. The lowest BCUT2D eigenvalue weighted by molar-refractivity contribution is -0.125. The fourth-order valence-electron chi connectivity index (χ4n) is 2.68. The molecule has 0 spiro atoms. The van der Waals surface area contributed by atoms with Crippen molar-refractivity contribution < 1.29 is 4.79 Å². The molecule has 1 heterocycles. The molecule has 4 nitrogen and oxygen atoms in total. The largest absolute Gasteiger partial charge is 0.327 e. The van der Waals surface area contributed by atoms with Gasteiger partial charge < -0.3 is 11.1 Å². The number of anilines is 1. The summed E-state index contributed by atoms with van der Waals surface area (Å²) in [5.74, 6) is 0.0290. The zero-order valence-corrected chi connectivity index (χ0v) is 11.7. The van der Waals surface area contributed by atoms with Crippen molar-refractivity contribution in [1.29, 1.82) is 0 Å². The number of aromatic nitrogens is 1. The molecule has 1 saturated carbocycles. The van der Waals surface area contributed by atoms with Gasteiger partial charge in [-0.25, -0.2) is 4.98 Å². The number of thiazole rings is 1. The monoisotopic (exact) mass is 275 g/mol. The summed E-state index contributed by atoms with van der Waals surface area (Å²) in [6, 6.07) is 5.75. The lowest BCUT2D eigenvalue weighted by Crippen LogP contribution is -2.44. The predicted molar refractivity (Wildman–Crippen MR) is 78.2 cm³/mol. The first-order valence-corrected chi connectivity index (χ1v) is 7.38. The van der Waals surface area contributed by atoms with Gasteiger partial charge in [-0.2, -0.15) is 0 Å². The highest BCUT2D eigenvalue weighted by molar-refractivity contribution is 7.16. The van der Waals surface area contributed by atoms with Gasteiger partial charge in [-0.3, -0.25) is 4.79 Å². The maximum Gasteiger partial charge on any atom is 0.231 e. The number of rotatable bonds is 2. The molecular formula is C14H17N3OS. The van der Waals surface area contributed by atoms with E-state index in [2.05, 4.69) is 10.3 Å². The molecule has 2 unspecified atom stereocenters. The van der Waals surface area contributed by atoms with Crippen molar-refractivity contribution in [2.75, 3.05) is 5.32 Å². The highest BCUT2D eigenvalue weighted by atomic mass is 32.1. The molecule has 1 fully saturated rings. The van der Waals surface area contributed by atoms with Gasteiger partial charge in [0, 0.05) is 11.7 Å². The second kappa shape index (κ2) is 4.58. The highest BCUT2D eigenvalue weighted by Crippen LogP contribution is 2.37. The number of carbonyl (C=O) groups is 1. The topological polar surface area (TPSA) is 68.0 Å². The number of carbonyl (C=O) groups excluding carboxylic acids is 1. The molecule has 1 aromatic carbocycles. The summed E-state index contributed by atoms with van der Waals surface area (Å²) in [6.45, 7) is 1.96. The van der Waals surface area contributed by atoms with Crippen LogP contribution in [0, 0.1) is 5.41 Å². The summed E-state index contributed by atoms with van der Waals surface area (Å²) in [6.07, 6.45) is 2.82. The van der Waals surface area contributed by atoms with E-state index in [1.54, 1.807) is 11.3 Å². The third-order valence-corrected chi connectivity index (χ3v) is 4.93. The van der Waals surface area contributed by atoms with Crippen LogP contribution in [0.3, 0.4) is 0 Å². The Labute approximate surface area is 116 Å². The van der Waals surface area contributed by atoms with Crippen LogP contribution in [0.4, 0.5) is 5.69 Å². The number of hydrogen-bond acceptors (Lipinski definition) is 4. The maximum absolute atomic E-state index is 12.4.